The molecule has 0 radical (unpaired) electrons. The number of rotatable bonds is 5. The fourth-order valence-corrected chi connectivity index (χ4v) is 2.07. The van der Waals surface area contributed by atoms with Crippen molar-refractivity contribution in [3.05, 3.63) is 64.1 Å². The molecule has 0 atom stereocenters. The number of carbonyl (C=O) groups is 1. The van der Waals surface area contributed by atoms with E-state index in [1.165, 1.54) is 6.21 Å². The van der Waals surface area contributed by atoms with Crippen LogP contribution in [0.4, 0.5) is 0 Å². The molecule has 108 valence electrons. The summed E-state index contributed by atoms with van der Waals surface area (Å²) in [6.45, 7) is -0.113. The maximum atomic E-state index is 11.5. The van der Waals surface area contributed by atoms with E-state index in [-0.39, 0.29) is 12.5 Å². The molecule has 1 N–H and O–H groups in total. The Hall–Kier alpha value is -2.04. The fraction of sp³-hybridized carbons (Fsp3) is 0.0667. The number of halogens is 2. The standard InChI is InChI=1S/C15H12Cl2N2O2/c16-12-6-11(7-13(17)8-12)9-18-19-15(20)10-21-14-4-2-1-3-5-14/h1-9H,10H2,(H,19,20)/b18-9-. The van der Waals surface area contributed by atoms with E-state index in [4.69, 9.17) is 27.9 Å². The smallest absolute Gasteiger partial charge is 0.277 e. The van der Waals surface area contributed by atoms with Crippen LogP contribution < -0.4 is 10.2 Å². The Bertz CT molecular complexity index is 625. The Morgan fingerprint density at radius 2 is 1.81 bits per heavy atom. The van der Waals surface area contributed by atoms with Gasteiger partial charge >= 0.3 is 0 Å². The van der Waals surface area contributed by atoms with E-state index in [1.54, 1.807) is 30.3 Å². The Balaban J connectivity index is 1.82. The molecule has 2 aromatic carbocycles. The number of amides is 1. The van der Waals surface area contributed by atoms with Gasteiger partial charge in [0.2, 0.25) is 0 Å². The molecular formula is C15H12Cl2N2O2. The summed E-state index contributed by atoms with van der Waals surface area (Å²) in [5.74, 6) is 0.265. The van der Waals surface area contributed by atoms with E-state index in [0.29, 0.717) is 21.4 Å². The number of benzene rings is 2. The molecule has 0 aliphatic heterocycles. The lowest BCUT2D eigenvalue weighted by molar-refractivity contribution is -0.123. The number of hydrazone groups is 1. The third-order valence-electron chi connectivity index (χ3n) is 2.40. The predicted molar refractivity (Wildman–Crippen MR) is 84.1 cm³/mol. The molecule has 2 rings (SSSR count). The molecule has 6 heteroatoms. The molecule has 0 bridgehead atoms. The number of nitrogens with one attached hydrogen (secondary N) is 1. The van der Waals surface area contributed by atoms with Crippen molar-refractivity contribution in [3.63, 3.8) is 0 Å². The summed E-state index contributed by atoms with van der Waals surface area (Å²) in [5, 5.41) is 4.82. The molecule has 0 saturated carbocycles. The van der Waals surface area contributed by atoms with Gasteiger partial charge < -0.3 is 4.74 Å². The van der Waals surface area contributed by atoms with E-state index in [2.05, 4.69) is 10.5 Å². The minimum absolute atomic E-state index is 0.113. The first-order chi connectivity index (χ1) is 10.1. The van der Waals surface area contributed by atoms with Crippen molar-refractivity contribution in [1.29, 1.82) is 0 Å². The molecule has 0 aliphatic rings. The first kappa shape index (κ1) is 15.4. The van der Waals surface area contributed by atoms with Crippen molar-refractivity contribution >= 4 is 35.3 Å². The van der Waals surface area contributed by atoms with Gasteiger partial charge in [0.25, 0.3) is 5.91 Å². The number of hydrogen-bond donors (Lipinski definition) is 1. The molecule has 4 nitrogen and oxygen atoms in total. The number of carbonyl (C=O) groups excluding carboxylic acids is 1. The van der Waals surface area contributed by atoms with E-state index in [0.717, 1.165) is 0 Å². The predicted octanol–water partition coefficient (Wildman–Crippen LogP) is 3.52. The van der Waals surface area contributed by atoms with Gasteiger partial charge in [-0.15, -0.1) is 0 Å². The molecular weight excluding hydrogens is 311 g/mol. The first-order valence-corrected chi connectivity index (χ1v) is 6.85. The highest BCUT2D eigenvalue weighted by Crippen LogP contribution is 2.17. The van der Waals surface area contributed by atoms with Gasteiger partial charge in [0.05, 0.1) is 6.21 Å². The number of hydrogen-bond acceptors (Lipinski definition) is 3. The zero-order valence-corrected chi connectivity index (χ0v) is 12.4. The van der Waals surface area contributed by atoms with Crippen LogP contribution in [0.25, 0.3) is 0 Å². The van der Waals surface area contributed by atoms with Gasteiger partial charge in [0.15, 0.2) is 6.61 Å². The lowest BCUT2D eigenvalue weighted by Crippen LogP contribution is -2.24. The fourth-order valence-electron chi connectivity index (χ4n) is 1.53. The van der Waals surface area contributed by atoms with E-state index < -0.39 is 0 Å². The summed E-state index contributed by atoms with van der Waals surface area (Å²) in [5.41, 5.74) is 3.05. The van der Waals surface area contributed by atoms with Crippen molar-refractivity contribution < 1.29 is 9.53 Å². The molecule has 2 aromatic rings. The van der Waals surface area contributed by atoms with Crippen molar-refractivity contribution in [2.75, 3.05) is 6.61 Å². The zero-order valence-electron chi connectivity index (χ0n) is 10.9. The van der Waals surface area contributed by atoms with Gasteiger partial charge in [0, 0.05) is 10.0 Å². The molecule has 0 spiro atoms. The van der Waals surface area contributed by atoms with Crippen LogP contribution in [0.5, 0.6) is 5.75 Å². The van der Waals surface area contributed by atoms with Crippen LogP contribution in [0, 0.1) is 0 Å². The Morgan fingerprint density at radius 1 is 1.14 bits per heavy atom. The summed E-state index contributed by atoms with van der Waals surface area (Å²) >= 11 is 11.7. The van der Waals surface area contributed by atoms with Crippen molar-refractivity contribution in [1.82, 2.24) is 5.43 Å². The van der Waals surface area contributed by atoms with Crippen molar-refractivity contribution in [2.45, 2.75) is 0 Å². The van der Waals surface area contributed by atoms with Gasteiger partial charge in [0.1, 0.15) is 5.75 Å². The highest BCUT2D eigenvalue weighted by Gasteiger charge is 2.01. The molecule has 1 amide bonds. The third-order valence-corrected chi connectivity index (χ3v) is 2.84. The second-order valence-electron chi connectivity index (χ2n) is 4.10. The second kappa shape index (κ2) is 7.67. The Morgan fingerprint density at radius 3 is 2.48 bits per heavy atom. The van der Waals surface area contributed by atoms with Gasteiger partial charge in [-0.1, -0.05) is 41.4 Å². The summed E-state index contributed by atoms with van der Waals surface area (Å²) in [6, 6.07) is 14.0. The quantitative estimate of drug-likeness (QED) is 0.676. The second-order valence-corrected chi connectivity index (χ2v) is 4.97. The van der Waals surface area contributed by atoms with E-state index in [9.17, 15) is 4.79 Å². The Labute approximate surface area is 132 Å². The number of para-hydroxylation sites is 1. The molecule has 0 aromatic heterocycles. The van der Waals surface area contributed by atoms with E-state index >= 15 is 0 Å². The van der Waals surface area contributed by atoms with Gasteiger partial charge in [-0.05, 0) is 35.9 Å². The molecule has 0 heterocycles. The molecule has 0 fully saturated rings. The highest BCUT2D eigenvalue weighted by atomic mass is 35.5. The van der Waals surface area contributed by atoms with Crippen LogP contribution in [-0.2, 0) is 4.79 Å². The maximum Gasteiger partial charge on any atom is 0.277 e. The lowest BCUT2D eigenvalue weighted by atomic mass is 10.2. The molecule has 0 saturated heterocycles. The first-order valence-electron chi connectivity index (χ1n) is 6.09. The molecule has 0 aliphatic carbocycles. The van der Waals surface area contributed by atoms with Gasteiger partial charge in [-0.2, -0.15) is 5.10 Å². The average Bonchev–Trinajstić information content (AvgIpc) is 2.45. The lowest BCUT2D eigenvalue weighted by Gasteiger charge is -2.04. The van der Waals surface area contributed by atoms with Gasteiger partial charge in [-0.3, -0.25) is 4.79 Å². The monoisotopic (exact) mass is 322 g/mol. The number of ether oxygens (including phenoxy) is 1. The van der Waals surface area contributed by atoms with Crippen LogP contribution in [0.1, 0.15) is 5.56 Å². The molecule has 0 unspecified atom stereocenters. The normalized spacial score (nSPS) is 10.6. The van der Waals surface area contributed by atoms with Crippen LogP contribution in [-0.4, -0.2) is 18.7 Å². The zero-order chi connectivity index (χ0) is 15.1. The minimum atomic E-state index is -0.358. The number of nitrogens with zero attached hydrogens (tertiary/aromatic N) is 1. The summed E-state index contributed by atoms with van der Waals surface area (Å²) in [4.78, 5) is 11.5. The van der Waals surface area contributed by atoms with Crippen molar-refractivity contribution in [3.8, 4) is 5.75 Å². The van der Waals surface area contributed by atoms with Crippen LogP contribution in [0.15, 0.2) is 53.6 Å². The van der Waals surface area contributed by atoms with Gasteiger partial charge in [-0.25, -0.2) is 5.43 Å². The van der Waals surface area contributed by atoms with Crippen LogP contribution in [0.3, 0.4) is 0 Å². The minimum Gasteiger partial charge on any atom is -0.484 e. The topological polar surface area (TPSA) is 50.7 Å². The summed E-state index contributed by atoms with van der Waals surface area (Å²) in [7, 11) is 0. The highest BCUT2D eigenvalue weighted by molar-refractivity contribution is 6.35. The van der Waals surface area contributed by atoms with Crippen LogP contribution in [0.2, 0.25) is 10.0 Å². The van der Waals surface area contributed by atoms with Crippen molar-refractivity contribution in [2.24, 2.45) is 5.10 Å². The van der Waals surface area contributed by atoms with Crippen LogP contribution >= 0.6 is 23.2 Å². The summed E-state index contributed by atoms with van der Waals surface area (Å²) < 4.78 is 5.28. The maximum absolute atomic E-state index is 11.5. The molecule has 21 heavy (non-hydrogen) atoms. The SMILES string of the molecule is O=C(COc1ccccc1)N/N=C\c1cc(Cl)cc(Cl)c1. The third kappa shape index (κ3) is 5.45. The average molecular weight is 323 g/mol. The largest absolute Gasteiger partial charge is 0.484 e. The Kier molecular flexibility index (Phi) is 5.60. The summed E-state index contributed by atoms with van der Waals surface area (Å²) in [6.07, 6.45) is 1.46. The van der Waals surface area contributed by atoms with E-state index in [1.807, 2.05) is 18.2 Å².